The Hall–Kier alpha value is -2.90. The lowest BCUT2D eigenvalue weighted by atomic mass is 10.2. The molecule has 0 saturated heterocycles. The molecule has 0 aliphatic carbocycles. The number of benzene rings is 2. The minimum atomic E-state index is 0.759. The van der Waals surface area contributed by atoms with E-state index in [0.717, 1.165) is 40.8 Å². The fourth-order valence-electron chi connectivity index (χ4n) is 3.53. The van der Waals surface area contributed by atoms with Crippen molar-refractivity contribution in [2.45, 2.75) is 58.8 Å². The van der Waals surface area contributed by atoms with Crippen molar-refractivity contribution in [1.82, 2.24) is 0 Å². The van der Waals surface area contributed by atoms with Gasteiger partial charge in [-0.25, -0.2) is 0 Å². The van der Waals surface area contributed by atoms with Crippen LogP contribution in [0.1, 0.15) is 57.2 Å². The van der Waals surface area contributed by atoms with Crippen LogP contribution in [0.2, 0.25) is 0 Å². The largest absolute Gasteiger partial charge is 0.494 e. The zero-order valence-corrected chi connectivity index (χ0v) is 22.1. The molecule has 0 saturated carbocycles. The Morgan fingerprint density at radius 2 is 1.23 bits per heavy atom. The van der Waals surface area contributed by atoms with E-state index in [1.54, 1.807) is 11.3 Å². The number of aryl methyl sites for hydroxylation is 1. The molecule has 7 heteroatoms. The molecule has 0 fully saturated rings. The van der Waals surface area contributed by atoms with Crippen molar-refractivity contribution in [1.29, 1.82) is 0 Å². The van der Waals surface area contributed by atoms with Crippen LogP contribution in [0.15, 0.2) is 81.1 Å². The summed E-state index contributed by atoms with van der Waals surface area (Å²) in [5.74, 6) is 0.873. The number of fused-ring (bicyclic) bond motifs is 1. The molecule has 0 spiro atoms. The molecular formula is C28H32N4OS2. The summed E-state index contributed by atoms with van der Waals surface area (Å²) in [6, 6.07) is 19.8. The van der Waals surface area contributed by atoms with Gasteiger partial charge in [0.05, 0.1) is 23.7 Å². The third-order valence-electron chi connectivity index (χ3n) is 5.52. The van der Waals surface area contributed by atoms with Crippen molar-refractivity contribution < 1.29 is 4.74 Å². The molecule has 4 rings (SSSR count). The predicted octanol–water partition coefficient (Wildman–Crippen LogP) is 11.1. The molecule has 4 aromatic rings. The Bertz CT molecular complexity index is 1210. The standard InChI is InChI=1S/C28H32N4OS2/c1-3-5-7-8-18-33-24-16-14-23(15-17-24)30-29-21-10-12-22(13-11-21)31-32-28-20-27-26(35-28)19-25(34-27)9-6-4-2/h10-17,19-20H,3-9,18H2,1-2H3. The van der Waals surface area contributed by atoms with Crippen molar-refractivity contribution >= 4 is 54.1 Å². The summed E-state index contributed by atoms with van der Waals surface area (Å²) in [6.45, 7) is 5.20. The van der Waals surface area contributed by atoms with E-state index in [1.165, 1.54) is 52.8 Å². The van der Waals surface area contributed by atoms with Crippen molar-refractivity contribution in [2.75, 3.05) is 6.61 Å². The maximum atomic E-state index is 5.78. The smallest absolute Gasteiger partial charge is 0.140 e. The van der Waals surface area contributed by atoms with Gasteiger partial charge in [-0.05, 0) is 79.9 Å². The molecular weight excluding hydrogens is 472 g/mol. The number of rotatable bonds is 13. The summed E-state index contributed by atoms with van der Waals surface area (Å²) in [5.41, 5.74) is 2.36. The van der Waals surface area contributed by atoms with Gasteiger partial charge in [0.2, 0.25) is 0 Å². The molecule has 0 unspecified atom stereocenters. The van der Waals surface area contributed by atoms with Crippen LogP contribution in [0, 0.1) is 0 Å². The quantitative estimate of drug-likeness (QED) is 0.132. The van der Waals surface area contributed by atoms with E-state index >= 15 is 0 Å². The number of thiophene rings is 2. The molecule has 2 aromatic carbocycles. The first-order valence-corrected chi connectivity index (χ1v) is 14.1. The Labute approximate surface area is 215 Å². The van der Waals surface area contributed by atoms with Crippen LogP contribution >= 0.6 is 22.7 Å². The second-order valence-electron chi connectivity index (χ2n) is 8.45. The highest BCUT2D eigenvalue weighted by Crippen LogP contribution is 2.38. The zero-order valence-electron chi connectivity index (χ0n) is 20.4. The molecule has 0 atom stereocenters. The average Bonchev–Trinajstić information content (AvgIpc) is 3.45. The van der Waals surface area contributed by atoms with E-state index in [9.17, 15) is 0 Å². The van der Waals surface area contributed by atoms with E-state index < -0.39 is 0 Å². The van der Waals surface area contributed by atoms with Gasteiger partial charge in [0.25, 0.3) is 0 Å². The van der Waals surface area contributed by atoms with Gasteiger partial charge in [-0.3, -0.25) is 0 Å². The van der Waals surface area contributed by atoms with Crippen LogP contribution in [0.25, 0.3) is 9.40 Å². The van der Waals surface area contributed by atoms with Crippen LogP contribution in [0.4, 0.5) is 22.1 Å². The van der Waals surface area contributed by atoms with E-state index in [0.29, 0.717) is 0 Å². The SMILES string of the molecule is CCCCCCOc1ccc(N=Nc2ccc(N=Nc3cc4sc(CCCC)cc4s3)cc2)cc1. The first kappa shape index (κ1) is 25.2. The first-order valence-electron chi connectivity index (χ1n) is 12.4. The fraction of sp³-hybridized carbons (Fsp3) is 0.357. The molecule has 0 bridgehead atoms. The van der Waals surface area contributed by atoms with E-state index in [2.05, 4.69) is 46.4 Å². The molecule has 2 aromatic heterocycles. The minimum Gasteiger partial charge on any atom is -0.494 e. The van der Waals surface area contributed by atoms with E-state index in [-0.39, 0.29) is 0 Å². The van der Waals surface area contributed by atoms with Gasteiger partial charge in [-0.15, -0.1) is 32.9 Å². The lowest BCUT2D eigenvalue weighted by molar-refractivity contribution is 0.305. The summed E-state index contributed by atoms with van der Waals surface area (Å²) >= 11 is 3.57. The Kier molecular flexibility index (Phi) is 9.55. The fourth-order valence-corrected chi connectivity index (χ4v) is 5.81. The lowest BCUT2D eigenvalue weighted by Gasteiger charge is -2.05. The van der Waals surface area contributed by atoms with Crippen LogP contribution in [0.3, 0.4) is 0 Å². The highest BCUT2D eigenvalue weighted by atomic mass is 32.1. The highest BCUT2D eigenvalue weighted by Gasteiger charge is 2.06. The monoisotopic (exact) mass is 504 g/mol. The third kappa shape index (κ3) is 7.80. The number of azo groups is 2. The maximum Gasteiger partial charge on any atom is 0.140 e. The Balaban J connectivity index is 1.28. The number of nitrogens with zero attached hydrogens (tertiary/aromatic N) is 4. The van der Waals surface area contributed by atoms with Gasteiger partial charge in [-0.2, -0.15) is 10.2 Å². The van der Waals surface area contributed by atoms with Gasteiger partial charge in [-0.1, -0.05) is 39.5 Å². The second-order valence-corrected chi connectivity index (χ2v) is 10.7. The van der Waals surface area contributed by atoms with E-state index in [1.807, 2.05) is 59.9 Å². The van der Waals surface area contributed by atoms with Crippen molar-refractivity contribution in [3.63, 3.8) is 0 Å². The summed E-state index contributed by atoms with van der Waals surface area (Å²) in [6.07, 6.45) is 8.46. The molecule has 2 heterocycles. The zero-order chi connectivity index (χ0) is 24.3. The van der Waals surface area contributed by atoms with Gasteiger partial charge in [0, 0.05) is 14.3 Å². The summed E-state index contributed by atoms with van der Waals surface area (Å²) in [5, 5.41) is 18.4. The molecule has 0 radical (unpaired) electrons. The summed E-state index contributed by atoms with van der Waals surface area (Å²) in [7, 11) is 0. The molecule has 35 heavy (non-hydrogen) atoms. The van der Waals surface area contributed by atoms with Crippen molar-refractivity contribution in [2.24, 2.45) is 20.5 Å². The minimum absolute atomic E-state index is 0.759. The summed E-state index contributed by atoms with van der Waals surface area (Å²) < 4.78 is 8.39. The third-order valence-corrected chi connectivity index (χ3v) is 7.76. The van der Waals surface area contributed by atoms with Crippen molar-refractivity contribution in [3.8, 4) is 5.75 Å². The van der Waals surface area contributed by atoms with Gasteiger partial charge in [0.1, 0.15) is 10.8 Å². The van der Waals surface area contributed by atoms with E-state index in [4.69, 9.17) is 4.74 Å². The topological polar surface area (TPSA) is 58.7 Å². The molecule has 0 N–H and O–H groups in total. The summed E-state index contributed by atoms with van der Waals surface area (Å²) in [4.78, 5) is 1.46. The van der Waals surface area contributed by atoms with Gasteiger partial charge in [0.15, 0.2) is 0 Å². The van der Waals surface area contributed by atoms with Crippen LogP contribution in [0.5, 0.6) is 5.75 Å². The van der Waals surface area contributed by atoms with Crippen LogP contribution < -0.4 is 4.74 Å². The number of hydrogen-bond donors (Lipinski definition) is 0. The highest BCUT2D eigenvalue weighted by molar-refractivity contribution is 7.29. The normalized spacial score (nSPS) is 11.8. The molecule has 182 valence electrons. The van der Waals surface area contributed by atoms with Crippen LogP contribution in [-0.2, 0) is 6.42 Å². The Morgan fingerprint density at radius 3 is 1.86 bits per heavy atom. The number of unbranched alkanes of at least 4 members (excludes halogenated alkanes) is 4. The number of hydrogen-bond acceptors (Lipinski definition) is 7. The Morgan fingerprint density at radius 1 is 0.629 bits per heavy atom. The lowest BCUT2D eigenvalue weighted by Crippen LogP contribution is -1.96. The predicted molar refractivity (Wildman–Crippen MR) is 149 cm³/mol. The molecule has 0 aliphatic heterocycles. The average molecular weight is 505 g/mol. The number of ether oxygens (including phenoxy) is 1. The van der Waals surface area contributed by atoms with Gasteiger partial charge >= 0.3 is 0 Å². The molecule has 0 amide bonds. The van der Waals surface area contributed by atoms with Gasteiger partial charge < -0.3 is 4.74 Å². The van der Waals surface area contributed by atoms with Crippen molar-refractivity contribution in [3.05, 3.63) is 65.5 Å². The maximum absolute atomic E-state index is 5.78. The molecule has 0 aliphatic rings. The molecule has 5 nitrogen and oxygen atoms in total. The van der Waals surface area contributed by atoms with Crippen LogP contribution in [-0.4, -0.2) is 6.61 Å². The second kappa shape index (κ2) is 13.3. The first-order chi connectivity index (χ1) is 17.2.